The second kappa shape index (κ2) is 6.75. The normalized spacial score (nSPS) is 13.6. The summed E-state index contributed by atoms with van der Waals surface area (Å²) in [6.07, 6.45) is 5.37. The Labute approximate surface area is 106 Å². The zero-order valence-electron chi connectivity index (χ0n) is 11.7. The summed E-state index contributed by atoms with van der Waals surface area (Å²) in [5.41, 5.74) is 1.60. The van der Waals surface area contributed by atoms with Crippen molar-refractivity contribution >= 4 is 0 Å². The van der Waals surface area contributed by atoms with Gasteiger partial charge in [0.25, 0.3) is 0 Å². The van der Waals surface area contributed by atoms with Crippen LogP contribution in [-0.2, 0) is 6.42 Å². The minimum Gasteiger partial charge on any atom is -0.314 e. The molecule has 2 nitrogen and oxygen atoms in total. The summed E-state index contributed by atoms with van der Waals surface area (Å²) < 4.78 is 0. The lowest BCUT2D eigenvalue weighted by atomic mass is 9.88. The molecular weight excluding hydrogens is 208 g/mol. The molecule has 0 bridgehead atoms. The number of nitrogens with one attached hydrogen (secondary N) is 1. The van der Waals surface area contributed by atoms with Gasteiger partial charge in [-0.05, 0) is 36.9 Å². The second-order valence-corrected chi connectivity index (χ2v) is 5.88. The summed E-state index contributed by atoms with van der Waals surface area (Å²) in [7, 11) is 0. The average Bonchev–Trinajstić information content (AvgIpc) is 2.27. The zero-order chi connectivity index (χ0) is 12.7. The van der Waals surface area contributed by atoms with E-state index in [1.807, 2.05) is 12.3 Å². The zero-order valence-corrected chi connectivity index (χ0v) is 11.7. The van der Waals surface area contributed by atoms with Gasteiger partial charge in [0, 0.05) is 24.4 Å². The molecular formula is C15H26N2. The summed E-state index contributed by atoms with van der Waals surface area (Å²) in [6, 6.07) is 6.70. The number of aromatic nitrogens is 1. The van der Waals surface area contributed by atoms with Crippen LogP contribution in [0.3, 0.4) is 0 Å². The Morgan fingerprint density at radius 1 is 1.29 bits per heavy atom. The molecule has 0 aliphatic rings. The lowest BCUT2D eigenvalue weighted by Crippen LogP contribution is -2.32. The minimum absolute atomic E-state index is 0.414. The molecule has 1 N–H and O–H groups in total. The number of nitrogens with zero attached hydrogens (tertiary/aromatic N) is 1. The van der Waals surface area contributed by atoms with Crippen molar-refractivity contribution in [2.24, 2.45) is 5.41 Å². The Morgan fingerprint density at radius 2 is 2.06 bits per heavy atom. The van der Waals surface area contributed by atoms with Gasteiger partial charge in [0.05, 0.1) is 0 Å². The molecule has 0 saturated heterocycles. The van der Waals surface area contributed by atoms with E-state index in [0.29, 0.717) is 11.5 Å². The highest BCUT2D eigenvalue weighted by molar-refractivity contribution is 5.05. The first-order valence-electron chi connectivity index (χ1n) is 6.64. The van der Waals surface area contributed by atoms with E-state index >= 15 is 0 Å². The highest BCUT2D eigenvalue weighted by Gasteiger charge is 2.15. The smallest absolute Gasteiger partial charge is 0.0419 e. The van der Waals surface area contributed by atoms with Crippen molar-refractivity contribution in [1.82, 2.24) is 10.3 Å². The summed E-state index contributed by atoms with van der Waals surface area (Å²) in [6.45, 7) is 10.1. The van der Waals surface area contributed by atoms with E-state index in [1.165, 1.54) is 18.5 Å². The molecule has 1 rings (SSSR count). The standard InChI is InChI=1S/C15H26N2/c1-5-16-14(9-10-15(2,3)4)12-13-8-6-7-11-17-13/h6-8,11,14,16H,5,9-10,12H2,1-4H3. The fraction of sp³-hybridized carbons (Fsp3) is 0.667. The first-order valence-corrected chi connectivity index (χ1v) is 6.64. The van der Waals surface area contributed by atoms with Crippen LogP contribution in [0, 0.1) is 5.41 Å². The van der Waals surface area contributed by atoms with E-state index in [-0.39, 0.29) is 0 Å². The van der Waals surface area contributed by atoms with Crippen LogP contribution in [0.5, 0.6) is 0 Å². The molecule has 1 aromatic heterocycles. The molecule has 17 heavy (non-hydrogen) atoms. The van der Waals surface area contributed by atoms with E-state index < -0.39 is 0 Å². The van der Waals surface area contributed by atoms with Crippen LogP contribution in [0.4, 0.5) is 0 Å². The summed E-state index contributed by atoms with van der Waals surface area (Å²) in [4.78, 5) is 4.41. The third-order valence-corrected chi connectivity index (χ3v) is 2.92. The Morgan fingerprint density at radius 3 is 2.59 bits per heavy atom. The molecule has 1 unspecified atom stereocenters. The van der Waals surface area contributed by atoms with Gasteiger partial charge < -0.3 is 5.32 Å². The monoisotopic (exact) mass is 234 g/mol. The molecule has 0 spiro atoms. The lowest BCUT2D eigenvalue weighted by Gasteiger charge is -2.23. The van der Waals surface area contributed by atoms with Gasteiger partial charge in [0.1, 0.15) is 0 Å². The van der Waals surface area contributed by atoms with Crippen LogP contribution in [0.2, 0.25) is 0 Å². The van der Waals surface area contributed by atoms with Crippen molar-refractivity contribution in [3.8, 4) is 0 Å². The average molecular weight is 234 g/mol. The predicted octanol–water partition coefficient (Wildman–Crippen LogP) is 3.43. The molecule has 0 amide bonds. The quantitative estimate of drug-likeness (QED) is 0.815. The van der Waals surface area contributed by atoms with Crippen LogP contribution in [0.1, 0.15) is 46.2 Å². The molecule has 0 aromatic carbocycles. The van der Waals surface area contributed by atoms with Gasteiger partial charge in [-0.2, -0.15) is 0 Å². The van der Waals surface area contributed by atoms with Crippen molar-refractivity contribution < 1.29 is 0 Å². The Balaban J connectivity index is 2.49. The summed E-state index contributed by atoms with van der Waals surface area (Å²) >= 11 is 0. The maximum absolute atomic E-state index is 4.41. The molecule has 0 radical (unpaired) electrons. The molecule has 0 aliphatic carbocycles. The van der Waals surface area contributed by atoms with Gasteiger partial charge in [-0.1, -0.05) is 33.8 Å². The van der Waals surface area contributed by atoms with E-state index in [2.05, 4.69) is 50.1 Å². The molecule has 1 atom stereocenters. The largest absolute Gasteiger partial charge is 0.314 e. The molecule has 1 aromatic rings. The molecule has 0 aliphatic heterocycles. The van der Waals surface area contributed by atoms with Gasteiger partial charge in [-0.25, -0.2) is 0 Å². The second-order valence-electron chi connectivity index (χ2n) is 5.88. The summed E-state index contributed by atoms with van der Waals surface area (Å²) in [5.74, 6) is 0. The van der Waals surface area contributed by atoms with Gasteiger partial charge >= 0.3 is 0 Å². The fourth-order valence-corrected chi connectivity index (χ4v) is 1.94. The lowest BCUT2D eigenvalue weighted by molar-refractivity contribution is 0.329. The van der Waals surface area contributed by atoms with E-state index in [9.17, 15) is 0 Å². The van der Waals surface area contributed by atoms with Crippen LogP contribution < -0.4 is 5.32 Å². The number of pyridine rings is 1. The van der Waals surface area contributed by atoms with Crippen molar-refractivity contribution in [3.63, 3.8) is 0 Å². The summed E-state index contributed by atoms with van der Waals surface area (Å²) in [5, 5.41) is 3.56. The van der Waals surface area contributed by atoms with Crippen molar-refractivity contribution in [1.29, 1.82) is 0 Å². The van der Waals surface area contributed by atoms with Crippen molar-refractivity contribution in [3.05, 3.63) is 30.1 Å². The topological polar surface area (TPSA) is 24.9 Å². The molecule has 1 heterocycles. The predicted molar refractivity (Wildman–Crippen MR) is 74.1 cm³/mol. The van der Waals surface area contributed by atoms with Gasteiger partial charge in [-0.15, -0.1) is 0 Å². The molecule has 0 fully saturated rings. The third kappa shape index (κ3) is 6.42. The maximum Gasteiger partial charge on any atom is 0.0419 e. The van der Waals surface area contributed by atoms with E-state index in [0.717, 1.165) is 13.0 Å². The van der Waals surface area contributed by atoms with Gasteiger partial charge in [-0.3, -0.25) is 4.98 Å². The van der Waals surface area contributed by atoms with Crippen molar-refractivity contribution in [2.45, 2.75) is 53.0 Å². The number of rotatable bonds is 6. The van der Waals surface area contributed by atoms with Crippen molar-refractivity contribution in [2.75, 3.05) is 6.54 Å². The number of likely N-dealkylation sites (N-methyl/N-ethyl adjacent to an activating group) is 1. The number of hydrogen-bond acceptors (Lipinski definition) is 2. The van der Waals surface area contributed by atoms with E-state index in [4.69, 9.17) is 0 Å². The third-order valence-electron chi connectivity index (χ3n) is 2.92. The van der Waals surface area contributed by atoms with Gasteiger partial charge in [0.15, 0.2) is 0 Å². The first-order chi connectivity index (χ1) is 8.01. The van der Waals surface area contributed by atoms with Crippen LogP contribution >= 0.6 is 0 Å². The van der Waals surface area contributed by atoms with Crippen LogP contribution in [0.25, 0.3) is 0 Å². The van der Waals surface area contributed by atoms with Crippen LogP contribution in [-0.4, -0.2) is 17.6 Å². The molecule has 96 valence electrons. The minimum atomic E-state index is 0.414. The Kier molecular flexibility index (Phi) is 5.63. The van der Waals surface area contributed by atoms with Gasteiger partial charge in [0.2, 0.25) is 0 Å². The first kappa shape index (κ1) is 14.2. The SMILES string of the molecule is CCNC(CCC(C)(C)C)Cc1ccccn1. The highest BCUT2D eigenvalue weighted by Crippen LogP contribution is 2.22. The highest BCUT2D eigenvalue weighted by atomic mass is 14.9. The fourth-order valence-electron chi connectivity index (χ4n) is 1.94. The molecule has 2 heteroatoms. The Bertz CT molecular complexity index is 300. The molecule has 0 saturated carbocycles. The number of hydrogen-bond donors (Lipinski definition) is 1. The maximum atomic E-state index is 4.41. The van der Waals surface area contributed by atoms with Crippen LogP contribution in [0.15, 0.2) is 24.4 Å². The Hall–Kier alpha value is -0.890. The van der Waals surface area contributed by atoms with E-state index in [1.54, 1.807) is 0 Å².